The SMILES string of the molecule is Cc1cc(C)c(-c2ccccc2C)[n+](C)c1.Cc1cc[n+](C)c(-c2ccccc2C)c1.Cc1ccccc1-c1c(C)c(C)c(C)c[n+]1C.Cc1ccccc1-c1c(C)c(C)cc[n+]1C.[2H]C([2H])([2H])c1c[n+](C)c(-c2ccccc2C)cc1C.[2H]C([2H])([2H])c1ccc(-c2ccccc2C)[n+](C)c1. The Morgan fingerprint density at radius 1 is 0.221 bits per heavy atom. The molecule has 0 fully saturated rings. The lowest BCUT2D eigenvalue weighted by atomic mass is 9.97. The summed E-state index contributed by atoms with van der Waals surface area (Å²) in [4.78, 5) is 0. The van der Waals surface area contributed by atoms with E-state index in [1.165, 1.54) is 123 Å². The second kappa shape index (κ2) is 33.4. The van der Waals surface area contributed by atoms with Crippen LogP contribution in [0.5, 0.6) is 0 Å². The van der Waals surface area contributed by atoms with E-state index in [-0.39, 0.29) is 0 Å². The summed E-state index contributed by atoms with van der Waals surface area (Å²) in [7, 11) is 12.2. The maximum atomic E-state index is 7.55. The van der Waals surface area contributed by atoms with Crippen LogP contribution in [0.3, 0.4) is 0 Å². The summed E-state index contributed by atoms with van der Waals surface area (Å²) in [6.07, 6.45) is 12.0. The van der Waals surface area contributed by atoms with Crippen LogP contribution >= 0.6 is 0 Å². The second-order valence-corrected chi connectivity index (χ2v) is 25.6. The molecular formula is C89H106N6+6. The molecule has 0 amide bonds. The molecule has 6 nitrogen and oxygen atoms in total. The molecule has 0 aliphatic carbocycles. The molecule has 0 atom stereocenters. The van der Waals surface area contributed by atoms with Gasteiger partial charge in [0.1, 0.15) is 42.3 Å². The van der Waals surface area contributed by atoms with Crippen molar-refractivity contribution in [3.63, 3.8) is 0 Å². The van der Waals surface area contributed by atoms with Gasteiger partial charge in [-0.2, -0.15) is 0 Å². The van der Waals surface area contributed by atoms with Gasteiger partial charge in [0, 0.05) is 111 Å². The topological polar surface area (TPSA) is 23.3 Å². The minimum Gasteiger partial charge on any atom is -0.201 e. The molecule has 0 saturated carbocycles. The summed E-state index contributed by atoms with van der Waals surface area (Å²) in [6, 6.07) is 64.6. The average Bonchev–Trinajstić information content (AvgIpc) is 0.800. The third-order valence-corrected chi connectivity index (χ3v) is 18.0. The molecular weight excluding hydrogens is 1150 g/mol. The average molecular weight is 1270 g/mol. The smallest absolute Gasteiger partial charge is 0.201 e. The lowest BCUT2D eigenvalue weighted by molar-refractivity contribution is -0.661. The van der Waals surface area contributed by atoms with Gasteiger partial charge in [-0.05, 0) is 222 Å². The van der Waals surface area contributed by atoms with Crippen LogP contribution in [0.15, 0.2) is 225 Å². The van der Waals surface area contributed by atoms with Crippen LogP contribution < -0.4 is 27.4 Å². The molecule has 12 rings (SSSR count). The van der Waals surface area contributed by atoms with E-state index in [0.29, 0.717) is 11.1 Å². The largest absolute Gasteiger partial charge is 0.215 e. The summed E-state index contributed by atoms with van der Waals surface area (Å²) < 4.78 is 57.4. The fourth-order valence-electron chi connectivity index (χ4n) is 12.3. The van der Waals surface area contributed by atoms with Gasteiger partial charge in [-0.1, -0.05) is 109 Å². The van der Waals surface area contributed by atoms with Gasteiger partial charge in [0.15, 0.2) is 37.2 Å². The van der Waals surface area contributed by atoms with Gasteiger partial charge in [-0.15, -0.1) is 0 Å². The molecule has 6 heterocycles. The Balaban J connectivity index is 0.000000170. The first-order valence-corrected chi connectivity index (χ1v) is 32.8. The van der Waals surface area contributed by atoms with Gasteiger partial charge >= 0.3 is 0 Å². The van der Waals surface area contributed by atoms with Crippen molar-refractivity contribution in [2.75, 3.05) is 0 Å². The molecule has 0 radical (unpaired) electrons. The van der Waals surface area contributed by atoms with Crippen LogP contribution in [-0.4, -0.2) is 0 Å². The van der Waals surface area contributed by atoms with Crippen LogP contribution in [0.1, 0.15) is 103 Å². The lowest BCUT2D eigenvalue weighted by Gasteiger charge is -2.10. The fraction of sp³-hybridized carbons (Fsp3) is 0.258. The maximum absolute atomic E-state index is 7.55. The molecule has 95 heavy (non-hydrogen) atoms. The highest BCUT2D eigenvalue weighted by Crippen LogP contribution is 2.29. The number of benzene rings is 6. The van der Waals surface area contributed by atoms with Gasteiger partial charge in [-0.3, -0.25) is 0 Å². The zero-order chi connectivity index (χ0) is 74.4. The Kier molecular flexibility index (Phi) is 22.5. The third kappa shape index (κ3) is 18.5. The predicted molar refractivity (Wildman–Crippen MR) is 399 cm³/mol. The van der Waals surface area contributed by atoms with Crippen molar-refractivity contribution in [3.05, 3.63) is 320 Å². The van der Waals surface area contributed by atoms with E-state index in [9.17, 15) is 0 Å². The molecule has 486 valence electrons. The first kappa shape index (κ1) is 64.0. The van der Waals surface area contributed by atoms with Crippen molar-refractivity contribution in [1.29, 1.82) is 0 Å². The minimum absolute atomic E-state index is 0.363. The summed E-state index contributed by atoms with van der Waals surface area (Å²) in [6.45, 7) is 27.9. The zero-order valence-electron chi connectivity index (χ0n) is 66.5. The van der Waals surface area contributed by atoms with E-state index in [4.69, 9.17) is 8.22 Å². The van der Waals surface area contributed by atoms with Crippen molar-refractivity contribution >= 4 is 0 Å². The summed E-state index contributed by atoms with van der Waals surface area (Å²) in [5, 5.41) is 0. The Morgan fingerprint density at radius 2 is 0.611 bits per heavy atom. The maximum Gasteiger partial charge on any atom is 0.215 e. The minimum atomic E-state index is -2.06. The van der Waals surface area contributed by atoms with Crippen molar-refractivity contribution in [2.24, 2.45) is 42.3 Å². The van der Waals surface area contributed by atoms with Gasteiger partial charge in [0.05, 0.1) is 0 Å². The molecule has 12 aromatic rings. The van der Waals surface area contributed by atoms with Gasteiger partial charge in [0.2, 0.25) is 34.2 Å². The van der Waals surface area contributed by atoms with Crippen LogP contribution in [0, 0.1) is 118 Å². The van der Waals surface area contributed by atoms with Crippen molar-refractivity contribution in [1.82, 2.24) is 0 Å². The van der Waals surface area contributed by atoms with E-state index >= 15 is 0 Å². The number of hydrogen-bond acceptors (Lipinski definition) is 0. The molecule has 0 saturated heterocycles. The van der Waals surface area contributed by atoms with Gasteiger partial charge < -0.3 is 0 Å². The van der Waals surface area contributed by atoms with Crippen molar-refractivity contribution in [2.45, 2.75) is 118 Å². The molecule has 0 aliphatic rings. The molecule has 0 spiro atoms. The standard InChI is InChI=1S/C16H20N.3C15H18N.2C14H16N/c1-11-8-6-7-9-15(11)16-14(4)13(3)12(2)10-17(16)5;1-11-9-13(3)15(16(4)10-11)14-8-6-5-7-12(14)2;1-11-7-5-6-8-14(11)15-9-12(2)13(3)10-16(15)4;1-11-9-10-16(4)15(13(11)3)14-8-6-5-7-12(14)2;1-11-8-9-15(3)14(10-11)13-7-5-4-6-12(13)2;1-11-8-9-14(15(3)10-11)13-7-5-4-6-12(13)2/h6-10H,1-5H3;3*5-10H,1-4H3;2*4-10H,1-3H3/q6*+1/i;;3D3;;;1D3. The first-order chi connectivity index (χ1) is 47.6. The monoisotopic (exact) mass is 1260 g/mol. The highest BCUT2D eigenvalue weighted by molar-refractivity contribution is 5.68. The quantitative estimate of drug-likeness (QED) is 0.148. The molecule has 0 unspecified atom stereocenters. The number of pyridine rings is 6. The van der Waals surface area contributed by atoms with Crippen molar-refractivity contribution in [3.8, 4) is 67.5 Å². The Hall–Kier alpha value is -9.78. The van der Waals surface area contributed by atoms with E-state index in [1.807, 2.05) is 85.6 Å². The molecule has 0 N–H and O–H groups in total. The van der Waals surface area contributed by atoms with Crippen LogP contribution in [0.25, 0.3) is 67.5 Å². The molecule has 0 bridgehead atoms. The predicted octanol–water partition coefficient (Wildman–Crippen LogP) is 18.3. The summed E-state index contributed by atoms with van der Waals surface area (Å²) >= 11 is 0. The van der Waals surface area contributed by atoms with Gasteiger partial charge in [0.25, 0.3) is 0 Å². The van der Waals surface area contributed by atoms with Gasteiger partial charge in [-0.25, -0.2) is 27.4 Å². The first-order valence-electron chi connectivity index (χ1n) is 35.8. The summed E-state index contributed by atoms with van der Waals surface area (Å²) in [5.41, 5.74) is 34.8. The number of rotatable bonds is 6. The zero-order valence-corrected chi connectivity index (χ0v) is 60.5. The van der Waals surface area contributed by atoms with Crippen LogP contribution in [0.2, 0.25) is 0 Å². The molecule has 0 aliphatic heterocycles. The third-order valence-electron chi connectivity index (χ3n) is 18.0. The van der Waals surface area contributed by atoms with E-state index in [2.05, 4.69) is 295 Å². The molecule has 6 heteroatoms. The van der Waals surface area contributed by atoms with Crippen LogP contribution in [-0.2, 0) is 42.3 Å². The summed E-state index contributed by atoms with van der Waals surface area (Å²) in [5.74, 6) is 0. The second-order valence-electron chi connectivity index (χ2n) is 25.6. The molecule has 6 aromatic carbocycles. The number of nitrogens with zero attached hydrogens (tertiary/aromatic N) is 6. The highest BCUT2D eigenvalue weighted by atomic mass is 14.9. The van der Waals surface area contributed by atoms with Crippen molar-refractivity contribution < 1.29 is 35.6 Å². The van der Waals surface area contributed by atoms with Crippen LogP contribution in [0.4, 0.5) is 0 Å². The molecule has 6 aromatic heterocycles. The van der Waals surface area contributed by atoms with E-state index in [1.54, 1.807) is 18.5 Å². The Labute approximate surface area is 579 Å². The van der Waals surface area contributed by atoms with E-state index in [0.717, 1.165) is 28.1 Å². The fourth-order valence-corrected chi connectivity index (χ4v) is 12.3. The Morgan fingerprint density at radius 3 is 1.06 bits per heavy atom. The van der Waals surface area contributed by atoms with E-state index < -0.39 is 13.7 Å². The lowest BCUT2D eigenvalue weighted by Crippen LogP contribution is -2.33. The Bertz CT molecular complexity index is 4860. The number of aromatic nitrogens is 6. The number of aryl methyl sites for hydroxylation is 20. The number of hydrogen-bond donors (Lipinski definition) is 0. The normalized spacial score (nSPS) is 11.7. The highest BCUT2D eigenvalue weighted by Gasteiger charge is 2.21.